The topological polar surface area (TPSA) is 74.2 Å². The van der Waals surface area contributed by atoms with Crippen LogP contribution in [0.2, 0.25) is 0 Å². The molecule has 6 nitrogen and oxygen atoms in total. The van der Waals surface area contributed by atoms with Crippen molar-refractivity contribution in [3.8, 4) is 28.7 Å². The average molecular weight is 344 g/mol. The van der Waals surface area contributed by atoms with Gasteiger partial charge in [-0.1, -0.05) is 0 Å². The number of hydrogen-bond donors (Lipinski definition) is 1. The Morgan fingerprint density at radius 2 is 1.64 bits per heavy atom. The van der Waals surface area contributed by atoms with Crippen molar-refractivity contribution in [1.82, 2.24) is 0 Å². The van der Waals surface area contributed by atoms with Crippen molar-refractivity contribution in [2.45, 2.75) is 19.4 Å². The molecule has 0 unspecified atom stereocenters. The molecule has 25 heavy (non-hydrogen) atoms. The molecule has 3 rings (SSSR count). The Morgan fingerprint density at radius 1 is 1.04 bits per heavy atom. The number of phenols is 1. The second-order valence-electron chi connectivity index (χ2n) is 5.81. The number of aromatic hydroxyl groups is 1. The van der Waals surface area contributed by atoms with Crippen molar-refractivity contribution in [1.29, 1.82) is 0 Å². The highest BCUT2D eigenvalue weighted by Crippen LogP contribution is 2.46. The van der Waals surface area contributed by atoms with Crippen LogP contribution < -0.4 is 18.9 Å². The van der Waals surface area contributed by atoms with Crippen molar-refractivity contribution in [2.24, 2.45) is 0 Å². The quantitative estimate of drug-likeness (QED) is 0.839. The maximum atomic E-state index is 11.7. The summed E-state index contributed by atoms with van der Waals surface area (Å²) in [7, 11) is 4.50. The van der Waals surface area contributed by atoms with Gasteiger partial charge in [-0.25, -0.2) is 0 Å². The Labute approximate surface area is 145 Å². The average Bonchev–Trinajstić information content (AvgIpc) is 3.05. The van der Waals surface area contributed by atoms with Gasteiger partial charge in [-0.15, -0.1) is 0 Å². The number of fused-ring (bicyclic) bond motifs is 1. The monoisotopic (exact) mass is 344 g/mol. The summed E-state index contributed by atoms with van der Waals surface area (Å²) in [5.41, 5.74) is 2.29. The van der Waals surface area contributed by atoms with E-state index in [0.29, 0.717) is 35.0 Å². The van der Waals surface area contributed by atoms with E-state index in [4.69, 9.17) is 18.9 Å². The molecule has 0 aromatic heterocycles. The molecule has 0 aliphatic carbocycles. The van der Waals surface area contributed by atoms with Crippen LogP contribution in [0.1, 0.15) is 34.5 Å². The Morgan fingerprint density at radius 3 is 2.16 bits per heavy atom. The zero-order valence-corrected chi connectivity index (χ0v) is 14.6. The molecular weight excluding hydrogens is 324 g/mol. The fraction of sp³-hybridized carbons (Fsp3) is 0.316. The Hall–Kier alpha value is -2.89. The van der Waals surface area contributed by atoms with Gasteiger partial charge in [0.15, 0.2) is 28.8 Å². The molecule has 1 aliphatic heterocycles. The molecule has 0 bridgehead atoms. The van der Waals surface area contributed by atoms with Crippen LogP contribution in [0.25, 0.3) is 0 Å². The lowest BCUT2D eigenvalue weighted by molar-refractivity contribution is 0.101. The van der Waals surface area contributed by atoms with Crippen LogP contribution in [0.4, 0.5) is 0 Å². The summed E-state index contributed by atoms with van der Waals surface area (Å²) in [6.07, 6.45) is 0.277. The van der Waals surface area contributed by atoms with E-state index in [2.05, 4.69) is 0 Å². The Balaban J connectivity index is 2.01. The minimum atomic E-state index is -0.297. The predicted octanol–water partition coefficient (Wildman–Crippen LogP) is 3.30. The molecular formula is C19H20O6. The lowest BCUT2D eigenvalue weighted by atomic mass is 10.00. The molecule has 0 saturated heterocycles. The molecule has 1 atom stereocenters. The molecule has 0 radical (unpaired) electrons. The van der Waals surface area contributed by atoms with Gasteiger partial charge in [0.1, 0.15) is 6.10 Å². The molecule has 0 fully saturated rings. The van der Waals surface area contributed by atoms with Gasteiger partial charge in [0.05, 0.1) is 21.3 Å². The molecule has 132 valence electrons. The van der Waals surface area contributed by atoms with Gasteiger partial charge in [-0.05, 0) is 31.2 Å². The molecule has 1 aliphatic rings. The smallest absolute Gasteiger partial charge is 0.200 e. The van der Waals surface area contributed by atoms with E-state index in [1.807, 2.05) is 6.07 Å². The number of ketones is 1. The zero-order valence-electron chi connectivity index (χ0n) is 14.6. The second kappa shape index (κ2) is 6.55. The minimum absolute atomic E-state index is 0.0301. The summed E-state index contributed by atoms with van der Waals surface area (Å²) in [5, 5.41) is 10.1. The van der Waals surface area contributed by atoms with E-state index in [1.54, 1.807) is 25.3 Å². The number of ether oxygens (including phenoxy) is 4. The summed E-state index contributed by atoms with van der Waals surface area (Å²) < 4.78 is 21.8. The van der Waals surface area contributed by atoms with Crippen LogP contribution in [0.5, 0.6) is 28.7 Å². The number of benzene rings is 2. The van der Waals surface area contributed by atoms with Crippen molar-refractivity contribution >= 4 is 5.78 Å². The highest BCUT2D eigenvalue weighted by Gasteiger charge is 2.30. The summed E-state index contributed by atoms with van der Waals surface area (Å²) >= 11 is 0. The third-order valence-electron chi connectivity index (χ3n) is 4.30. The lowest BCUT2D eigenvalue weighted by Gasteiger charge is -2.16. The van der Waals surface area contributed by atoms with Crippen LogP contribution in [0.3, 0.4) is 0 Å². The van der Waals surface area contributed by atoms with Crippen LogP contribution >= 0.6 is 0 Å². The minimum Gasteiger partial charge on any atom is -0.502 e. The van der Waals surface area contributed by atoms with Gasteiger partial charge in [-0.3, -0.25) is 4.79 Å². The maximum Gasteiger partial charge on any atom is 0.200 e. The third kappa shape index (κ3) is 2.95. The highest BCUT2D eigenvalue weighted by molar-refractivity contribution is 5.95. The Kier molecular flexibility index (Phi) is 4.44. The summed E-state index contributed by atoms with van der Waals surface area (Å²) in [6.45, 7) is 1.52. The molecule has 0 spiro atoms. The molecule has 2 aromatic carbocycles. The normalized spacial score (nSPS) is 15.3. The second-order valence-corrected chi connectivity index (χ2v) is 5.81. The van der Waals surface area contributed by atoms with Crippen molar-refractivity contribution in [2.75, 3.05) is 21.3 Å². The number of carbonyl (C=O) groups excluding carboxylic acids is 1. The van der Waals surface area contributed by atoms with Crippen LogP contribution in [0, 0.1) is 0 Å². The van der Waals surface area contributed by atoms with Gasteiger partial charge in [0, 0.05) is 23.1 Å². The van der Waals surface area contributed by atoms with Crippen molar-refractivity contribution in [3.63, 3.8) is 0 Å². The first kappa shape index (κ1) is 17.0. The van der Waals surface area contributed by atoms with Crippen molar-refractivity contribution < 1.29 is 28.8 Å². The number of phenolic OH excluding ortho intramolecular Hbond substituents is 1. The van der Waals surface area contributed by atoms with Gasteiger partial charge in [0.2, 0.25) is 5.75 Å². The molecule has 0 saturated carbocycles. The molecule has 1 N–H and O–H groups in total. The van der Waals surface area contributed by atoms with Gasteiger partial charge in [0.25, 0.3) is 0 Å². The number of methoxy groups -OCH3 is 3. The standard InChI is InChI=1S/C19H20O6/c1-10(20)11-5-13-9-14(25-19(13)17(6-11)24-4)12-7-15(22-2)18(21)16(8-12)23-3/h5-8,14,21H,9H2,1-4H3/t14-/m1/s1. The van der Waals surface area contributed by atoms with Crippen LogP contribution in [-0.4, -0.2) is 32.2 Å². The molecule has 1 heterocycles. The maximum absolute atomic E-state index is 11.7. The summed E-state index contributed by atoms with van der Waals surface area (Å²) in [6, 6.07) is 6.94. The highest BCUT2D eigenvalue weighted by atomic mass is 16.5. The lowest BCUT2D eigenvalue weighted by Crippen LogP contribution is -2.04. The third-order valence-corrected chi connectivity index (χ3v) is 4.30. The zero-order chi connectivity index (χ0) is 18.1. The predicted molar refractivity (Wildman–Crippen MR) is 91.3 cm³/mol. The first-order chi connectivity index (χ1) is 12.0. The molecule has 6 heteroatoms. The van der Waals surface area contributed by atoms with E-state index in [-0.39, 0.29) is 17.6 Å². The summed E-state index contributed by atoms with van der Waals surface area (Å²) in [5.74, 6) is 1.69. The van der Waals surface area contributed by atoms with Crippen molar-refractivity contribution in [3.05, 3.63) is 41.0 Å². The van der Waals surface area contributed by atoms with Gasteiger partial charge < -0.3 is 24.1 Å². The van der Waals surface area contributed by atoms with E-state index in [0.717, 1.165) is 11.1 Å². The number of carbonyl (C=O) groups is 1. The number of hydrogen-bond acceptors (Lipinski definition) is 6. The number of rotatable bonds is 5. The van der Waals surface area contributed by atoms with E-state index in [9.17, 15) is 9.90 Å². The van der Waals surface area contributed by atoms with Gasteiger partial charge in [-0.2, -0.15) is 0 Å². The van der Waals surface area contributed by atoms with E-state index < -0.39 is 0 Å². The van der Waals surface area contributed by atoms with E-state index >= 15 is 0 Å². The first-order valence-corrected chi connectivity index (χ1v) is 7.81. The van der Waals surface area contributed by atoms with Crippen LogP contribution in [0.15, 0.2) is 24.3 Å². The fourth-order valence-electron chi connectivity index (χ4n) is 2.97. The number of Topliss-reactive ketones (excluding diaryl/α,β-unsaturated/α-hetero) is 1. The molecule has 0 amide bonds. The van der Waals surface area contributed by atoms with Gasteiger partial charge >= 0.3 is 0 Å². The largest absolute Gasteiger partial charge is 0.502 e. The summed E-state index contributed by atoms with van der Waals surface area (Å²) in [4.78, 5) is 11.7. The van der Waals surface area contributed by atoms with Crippen LogP contribution in [-0.2, 0) is 6.42 Å². The fourth-order valence-corrected chi connectivity index (χ4v) is 2.97. The Bertz CT molecular complexity index is 802. The SMILES string of the molecule is COc1cc([C@H]2Cc3cc(C(C)=O)cc(OC)c3O2)cc(OC)c1O. The van der Waals surface area contributed by atoms with E-state index in [1.165, 1.54) is 21.1 Å². The first-order valence-electron chi connectivity index (χ1n) is 7.81. The molecule has 2 aromatic rings.